The number of fused-ring (bicyclic) bond motifs is 1. The summed E-state index contributed by atoms with van der Waals surface area (Å²) in [4.78, 5) is 39.6. The molecule has 0 spiro atoms. The maximum Gasteiger partial charge on any atom is 0.335 e. The fraction of sp³-hybridized carbons (Fsp3) is 0.138. The summed E-state index contributed by atoms with van der Waals surface area (Å²) in [6.07, 6.45) is 3.37. The van der Waals surface area contributed by atoms with E-state index in [1.807, 2.05) is 66.2 Å². The average molecular weight is 530 g/mol. The zero-order valence-corrected chi connectivity index (χ0v) is 21.5. The molecule has 0 atom stereocenters. The topological polar surface area (TPSA) is 89.9 Å². The van der Waals surface area contributed by atoms with Gasteiger partial charge in [0.25, 0.3) is 11.8 Å². The van der Waals surface area contributed by atoms with E-state index in [2.05, 4.69) is 5.32 Å². The SMILES string of the molecule is COc1cccc(OCCn2cc(/C=C3/C(=O)NC(=O)N(c4ccc(C)c(Cl)c4)C3=O)c3ccccc32)c1. The smallest absolute Gasteiger partial charge is 0.335 e. The van der Waals surface area contributed by atoms with E-state index in [9.17, 15) is 14.4 Å². The van der Waals surface area contributed by atoms with Gasteiger partial charge in [-0.2, -0.15) is 0 Å². The highest BCUT2D eigenvalue weighted by atomic mass is 35.5. The van der Waals surface area contributed by atoms with Crippen LogP contribution in [0.5, 0.6) is 11.5 Å². The Hall–Kier alpha value is -4.56. The van der Waals surface area contributed by atoms with Gasteiger partial charge in [-0.3, -0.25) is 14.9 Å². The molecule has 1 saturated heterocycles. The van der Waals surface area contributed by atoms with Crippen molar-refractivity contribution in [3.05, 3.63) is 94.6 Å². The highest BCUT2D eigenvalue weighted by Crippen LogP contribution is 2.29. The van der Waals surface area contributed by atoms with Crippen LogP contribution in [0.25, 0.3) is 17.0 Å². The van der Waals surface area contributed by atoms with Gasteiger partial charge in [-0.05, 0) is 48.9 Å². The second-order valence-corrected chi connectivity index (χ2v) is 9.12. The number of hydrogen-bond donors (Lipinski definition) is 1. The molecule has 1 aliphatic heterocycles. The van der Waals surface area contributed by atoms with Crippen LogP contribution in [-0.2, 0) is 16.1 Å². The van der Waals surface area contributed by atoms with Crippen molar-refractivity contribution in [3.63, 3.8) is 0 Å². The van der Waals surface area contributed by atoms with Crippen molar-refractivity contribution in [2.24, 2.45) is 0 Å². The van der Waals surface area contributed by atoms with Crippen LogP contribution < -0.4 is 19.7 Å². The number of carbonyl (C=O) groups excluding carboxylic acids is 3. The van der Waals surface area contributed by atoms with Gasteiger partial charge in [-0.25, -0.2) is 9.69 Å². The van der Waals surface area contributed by atoms with E-state index in [0.29, 0.717) is 35.2 Å². The lowest BCUT2D eigenvalue weighted by atomic mass is 10.1. The van der Waals surface area contributed by atoms with Crippen molar-refractivity contribution in [2.75, 3.05) is 18.6 Å². The number of ether oxygens (including phenoxy) is 2. The molecule has 0 bridgehead atoms. The number of anilines is 1. The molecule has 192 valence electrons. The van der Waals surface area contributed by atoms with Crippen LogP contribution in [0.1, 0.15) is 11.1 Å². The van der Waals surface area contributed by atoms with Gasteiger partial charge in [0.15, 0.2) is 0 Å². The number of aromatic nitrogens is 1. The van der Waals surface area contributed by atoms with Crippen LogP contribution in [-0.4, -0.2) is 36.1 Å². The van der Waals surface area contributed by atoms with Gasteiger partial charge in [0.05, 0.1) is 19.3 Å². The molecule has 4 amide bonds. The third-order valence-corrected chi connectivity index (χ3v) is 6.68. The Morgan fingerprint density at radius 1 is 0.974 bits per heavy atom. The lowest BCUT2D eigenvalue weighted by Gasteiger charge is -2.26. The molecule has 8 nitrogen and oxygen atoms in total. The Morgan fingerprint density at radius 3 is 2.55 bits per heavy atom. The molecule has 0 saturated carbocycles. The van der Waals surface area contributed by atoms with E-state index in [1.54, 1.807) is 19.2 Å². The lowest BCUT2D eigenvalue weighted by Crippen LogP contribution is -2.54. The zero-order chi connectivity index (χ0) is 26.8. The molecule has 1 fully saturated rings. The number of carbonyl (C=O) groups is 3. The third kappa shape index (κ3) is 4.86. The molecule has 0 unspecified atom stereocenters. The number of aryl methyl sites for hydroxylation is 1. The van der Waals surface area contributed by atoms with Crippen LogP contribution in [0.3, 0.4) is 0 Å². The molecule has 38 heavy (non-hydrogen) atoms. The standard InChI is InChI=1S/C29H24ClN3O5/c1-18-10-11-20(15-25(18)30)33-28(35)24(27(34)31-29(33)36)14-19-17-32(26-9-4-3-8-23(19)26)12-13-38-22-7-5-6-21(16-22)37-2/h3-11,14-17H,12-13H2,1-2H3,(H,31,34,36)/b24-14-. The molecule has 4 aromatic rings. The summed E-state index contributed by atoms with van der Waals surface area (Å²) in [6.45, 7) is 2.72. The molecular weight excluding hydrogens is 506 g/mol. The van der Waals surface area contributed by atoms with Gasteiger partial charge < -0.3 is 14.0 Å². The predicted molar refractivity (Wildman–Crippen MR) is 146 cm³/mol. The largest absolute Gasteiger partial charge is 0.497 e. The Balaban J connectivity index is 1.44. The van der Waals surface area contributed by atoms with Gasteiger partial charge in [0, 0.05) is 33.8 Å². The Labute approximate surface area is 224 Å². The summed E-state index contributed by atoms with van der Waals surface area (Å²) in [6, 6.07) is 19.0. The first-order chi connectivity index (χ1) is 18.4. The van der Waals surface area contributed by atoms with Crippen molar-refractivity contribution in [3.8, 4) is 11.5 Å². The second kappa shape index (κ2) is 10.4. The zero-order valence-electron chi connectivity index (χ0n) is 20.7. The first-order valence-electron chi connectivity index (χ1n) is 11.9. The van der Waals surface area contributed by atoms with Crippen LogP contribution in [0.15, 0.2) is 78.5 Å². The average Bonchev–Trinajstić information content (AvgIpc) is 3.26. The number of barbiturate groups is 1. The number of imide groups is 2. The predicted octanol–water partition coefficient (Wildman–Crippen LogP) is 5.36. The normalized spacial score (nSPS) is 14.8. The van der Waals surface area contributed by atoms with Gasteiger partial charge in [-0.15, -0.1) is 0 Å². The van der Waals surface area contributed by atoms with Crippen molar-refractivity contribution in [1.29, 1.82) is 0 Å². The molecule has 3 aromatic carbocycles. The highest BCUT2D eigenvalue weighted by Gasteiger charge is 2.37. The number of benzene rings is 3. The first kappa shape index (κ1) is 25.1. The fourth-order valence-electron chi connectivity index (χ4n) is 4.30. The number of nitrogens with one attached hydrogen (secondary N) is 1. The van der Waals surface area contributed by atoms with E-state index in [1.165, 1.54) is 12.1 Å². The summed E-state index contributed by atoms with van der Waals surface area (Å²) >= 11 is 6.22. The molecule has 1 N–H and O–H groups in total. The molecule has 9 heteroatoms. The third-order valence-electron chi connectivity index (χ3n) is 6.28. The number of amides is 4. The Kier molecular flexibility index (Phi) is 6.89. The van der Waals surface area contributed by atoms with Crippen LogP contribution in [0.4, 0.5) is 10.5 Å². The molecular formula is C29H24ClN3O5. The number of urea groups is 1. The molecule has 0 aliphatic carbocycles. The van der Waals surface area contributed by atoms with E-state index < -0.39 is 17.8 Å². The number of nitrogens with zero attached hydrogens (tertiary/aromatic N) is 2. The summed E-state index contributed by atoms with van der Waals surface area (Å²) in [5.41, 5.74) is 2.50. The number of halogens is 1. The van der Waals surface area contributed by atoms with Gasteiger partial charge in [0.1, 0.15) is 23.7 Å². The summed E-state index contributed by atoms with van der Waals surface area (Å²) in [7, 11) is 1.60. The number of rotatable bonds is 7. The highest BCUT2D eigenvalue weighted by molar-refractivity contribution is 6.39. The fourth-order valence-corrected chi connectivity index (χ4v) is 4.47. The van der Waals surface area contributed by atoms with Gasteiger partial charge in [0.2, 0.25) is 0 Å². The summed E-state index contributed by atoms with van der Waals surface area (Å²) in [5, 5.41) is 3.52. The minimum atomic E-state index is -0.825. The number of hydrogen-bond acceptors (Lipinski definition) is 5. The summed E-state index contributed by atoms with van der Waals surface area (Å²) < 4.78 is 13.1. The lowest BCUT2D eigenvalue weighted by molar-refractivity contribution is -0.122. The molecule has 1 aromatic heterocycles. The quantitative estimate of drug-likeness (QED) is 0.257. The summed E-state index contributed by atoms with van der Waals surface area (Å²) in [5.74, 6) is -0.0863. The Morgan fingerprint density at radius 2 is 1.76 bits per heavy atom. The monoisotopic (exact) mass is 529 g/mol. The van der Waals surface area contributed by atoms with E-state index in [-0.39, 0.29) is 11.3 Å². The maximum atomic E-state index is 13.4. The van der Waals surface area contributed by atoms with Crippen molar-refractivity contribution >= 4 is 52.1 Å². The van der Waals surface area contributed by atoms with E-state index >= 15 is 0 Å². The minimum absolute atomic E-state index is 0.156. The van der Waals surface area contributed by atoms with E-state index in [0.717, 1.165) is 21.4 Å². The van der Waals surface area contributed by atoms with Crippen LogP contribution >= 0.6 is 11.6 Å². The van der Waals surface area contributed by atoms with Gasteiger partial charge >= 0.3 is 6.03 Å². The van der Waals surface area contributed by atoms with Crippen molar-refractivity contribution in [2.45, 2.75) is 13.5 Å². The van der Waals surface area contributed by atoms with E-state index in [4.69, 9.17) is 21.1 Å². The molecule has 1 aliphatic rings. The maximum absolute atomic E-state index is 13.4. The Bertz CT molecular complexity index is 1610. The first-order valence-corrected chi connectivity index (χ1v) is 12.3. The van der Waals surface area contributed by atoms with Crippen molar-refractivity contribution in [1.82, 2.24) is 9.88 Å². The van der Waals surface area contributed by atoms with Gasteiger partial charge in [-0.1, -0.05) is 41.9 Å². The van der Waals surface area contributed by atoms with Crippen LogP contribution in [0.2, 0.25) is 5.02 Å². The second-order valence-electron chi connectivity index (χ2n) is 8.71. The van der Waals surface area contributed by atoms with Crippen LogP contribution in [0, 0.1) is 6.92 Å². The molecule has 0 radical (unpaired) electrons. The molecule has 2 heterocycles. The van der Waals surface area contributed by atoms with Crippen molar-refractivity contribution < 1.29 is 23.9 Å². The minimum Gasteiger partial charge on any atom is -0.497 e. The number of para-hydroxylation sites is 1. The molecule has 5 rings (SSSR count). The number of methoxy groups -OCH3 is 1.